The molecule has 0 radical (unpaired) electrons. The lowest BCUT2D eigenvalue weighted by Gasteiger charge is -2.27. The zero-order chi connectivity index (χ0) is 15.7. The van der Waals surface area contributed by atoms with Crippen molar-refractivity contribution < 1.29 is 22.3 Å². The second-order valence-electron chi connectivity index (χ2n) is 4.92. The summed E-state index contributed by atoms with van der Waals surface area (Å²) in [5.74, 6) is -0.254. The van der Waals surface area contributed by atoms with E-state index < -0.39 is 17.6 Å². The molecule has 0 bridgehead atoms. The maximum Gasteiger partial charge on any atom is 0.416 e. The molecule has 7 heteroatoms. The number of halogens is 4. The quantitative estimate of drug-likeness (QED) is 0.845. The highest BCUT2D eigenvalue weighted by Crippen LogP contribution is 2.36. The maximum absolute atomic E-state index is 13.7. The van der Waals surface area contributed by atoms with Gasteiger partial charge in [0.15, 0.2) is 11.6 Å². The fraction of sp³-hybridized carbons (Fsp3) is 0.267. The molecular formula is C15H12F4N2O. The number of benzene rings is 1. The van der Waals surface area contributed by atoms with Crippen LogP contribution in [-0.4, -0.2) is 11.6 Å². The van der Waals surface area contributed by atoms with Gasteiger partial charge in [0.05, 0.1) is 18.2 Å². The highest BCUT2D eigenvalue weighted by molar-refractivity contribution is 5.46. The molecule has 1 atom stereocenters. The zero-order valence-corrected chi connectivity index (χ0v) is 11.3. The Balaban J connectivity index is 1.88. The first kappa shape index (κ1) is 14.6. The Morgan fingerprint density at radius 2 is 2.05 bits per heavy atom. The van der Waals surface area contributed by atoms with Gasteiger partial charge in [-0.1, -0.05) is 12.1 Å². The van der Waals surface area contributed by atoms with Crippen molar-refractivity contribution in [2.24, 2.45) is 0 Å². The van der Waals surface area contributed by atoms with Crippen molar-refractivity contribution in [3.63, 3.8) is 0 Å². The summed E-state index contributed by atoms with van der Waals surface area (Å²) in [7, 11) is 0. The molecule has 1 aromatic heterocycles. The van der Waals surface area contributed by atoms with Crippen molar-refractivity contribution >= 4 is 5.82 Å². The Bertz CT molecular complexity index is 687. The van der Waals surface area contributed by atoms with Gasteiger partial charge in [-0.15, -0.1) is 0 Å². The first-order valence-electron chi connectivity index (χ1n) is 6.66. The Morgan fingerprint density at radius 3 is 2.82 bits per heavy atom. The van der Waals surface area contributed by atoms with E-state index in [9.17, 15) is 17.6 Å². The van der Waals surface area contributed by atoms with Gasteiger partial charge in [0, 0.05) is 18.2 Å². The number of alkyl halides is 3. The summed E-state index contributed by atoms with van der Waals surface area (Å²) >= 11 is 0. The maximum atomic E-state index is 13.7. The second kappa shape index (κ2) is 5.47. The van der Waals surface area contributed by atoms with Gasteiger partial charge >= 0.3 is 6.18 Å². The van der Waals surface area contributed by atoms with Gasteiger partial charge in [0.25, 0.3) is 0 Å². The smallest absolute Gasteiger partial charge is 0.416 e. The molecule has 0 saturated carbocycles. The molecule has 3 nitrogen and oxygen atoms in total. The molecule has 1 aliphatic rings. The molecule has 1 aliphatic heterocycles. The highest BCUT2D eigenvalue weighted by Gasteiger charge is 2.31. The van der Waals surface area contributed by atoms with Gasteiger partial charge in [-0.3, -0.25) is 0 Å². The normalized spacial score (nSPS) is 17.5. The van der Waals surface area contributed by atoms with Crippen LogP contribution in [0.3, 0.4) is 0 Å². The number of anilines is 1. The molecule has 0 unspecified atom stereocenters. The van der Waals surface area contributed by atoms with E-state index in [2.05, 4.69) is 10.3 Å². The number of hydrogen-bond donors (Lipinski definition) is 1. The Kier molecular flexibility index (Phi) is 3.64. The highest BCUT2D eigenvalue weighted by atomic mass is 19.4. The molecule has 0 spiro atoms. The van der Waals surface area contributed by atoms with Crippen LogP contribution in [0, 0.1) is 5.82 Å². The van der Waals surface area contributed by atoms with E-state index in [0.29, 0.717) is 12.0 Å². The summed E-state index contributed by atoms with van der Waals surface area (Å²) in [6, 6.07) is 6.00. The van der Waals surface area contributed by atoms with Crippen LogP contribution < -0.4 is 10.1 Å². The number of aromatic nitrogens is 1. The Morgan fingerprint density at radius 1 is 1.23 bits per heavy atom. The third-order valence-corrected chi connectivity index (χ3v) is 3.44. The van der Waals surface area contributed by atoms with Crippen molar-refractivity contribution in [2.45, 2.75) is 18.6 Å². The predicted octanol–water partition coefficient (Wildman–Crippen LogP) is 4.18. The largest absolute Gasteiger partial charge is 0.490 e. The number of pyridine rings is 1. The lowest BCUT2D eigenvalue weighted by Crippen LogP contribution is -2.21. The summed E-state index contributed by atoms with van der Waals surface area (Å²) in [4.78, 5) is 3.90. The molecule has 2 heterocycles. The number of fused-ring (bicyclic) bond motifs is 1. The van der Waals surface area contributed by atoms with Gasteiger partial charge < -0.3 is 10.1 Å². The topological polar surface area (TPSA) is 34.1 Å². The van der Waals surface area contributed by atoms with Crippen molar-refractivity contribution in [3.8, 4) is 5.75 Å². The van der Waals surface area contributed by atoms with Gasteiger partial charge in [0.2, 0.25) is 0 Å². The number of ether oxygens (including phenoxy) is 1. The van der Waals surface area contributed by atoms with Gasteiger partial charge in [-0.2, -0.15) is 13.2 Å². The third kappa shape index (κ3) is 2.84. The van der Waals surface area contributed by atoms with Gasteiger partial charge in [-0.25, -0.2) is 9.37 Å². The number of para-hydroxylation sites is 1. The molecule has 0 amide bonds. The fourth-order valence-electron chi connectivity index (χ4n) is 2.40. The predicted molar refractivity (Wildman–Crippen MR) is 72.1 cm³/mol. The first-order chi connectivity index (χ1) is 10.4. The molecule has 0 aliphatic carbocycles. The van der Waals surface area contributed by atoms with Crippen LogP contribution in [0.4, 0.5) is 23.4 Å². The van der Waals surface area contributed by atoms with Crippen molar-refractivity contribution in [1.29, 1.82) is 0 Å². The van der Waals surface area contributed by atoms with E-state index in [0.717, 1.165) is 18.3 Å². The van der Waals surface area contributed by atoms with Crippen LogP contribution >= 0.6 is 0 Å². The summed E-state index contributed by atoms with van der Waals surface area (Å²) in [6.07, 6.45) is -2.83. The van der Waals surface area contributed by atoms with Crippen LogP contribution in [0.25, 0.3) is 0 Å². The molecule has 1 aromatic carbocycles. The average molecular weight is 312 g/mol. The minimum atomic E-state index is -4.43. The van der Waals surface area contributed by atoms with Crippen molar-refractivity contribution in [2.75, 3.05) is 11.9 Å². The minimum absolute atomic E-state index is 0.0944. The number of nitrogens with zero attached hydrogens (tertiary/aromatic N) is 1. The number of nitrogens with one attached hydrogen (secondary N) is 1. The summed E-state index contributed by atoms with van der Waals surface area (Å²) in [5.41, 5.74) is -0.206. The first-order valence-corrected chi connectivity index (χ1v) is 6.66. The fourth-order valence-corrected chi connectivity index (χ4v) is 2.40. The zero-order valence-electron chi connectivity index (χ0n) is 11.3. The molecule has 1 N–H and O–H groups in total. The molecule has 22 heavy (non-hydrogen) atoms. The molecule has 116 valence electrons. The number of hydrogen-bond acceptors (Lipinski definition) is 3. The van der Waals surface area contributed by atoms with Crippen molar-refractivity contribution in [3.05, 3.63) is 53.5 Å². The van der Waals surface area contributed by atoms with E-state index in [1.54, 1.807) is 6.07 Å². The van der Waals surface area contributed by atoms with Gasteiger partial charge in [0.1, 0.15) is 5.82 Å². The Labute approximate surface area is 123 Å². The summed E-state index contributed by atoms with van der Waals surface area (Å²) in [5, 5.41) is 2.92. The summed E-state index contributed by atoms with van der Waals surface area (Å²) < 4.78 is 57.1. The van der Waals surface area contributed by atoms with Crippen LogP contribution in [-0.2, 0) is 6.18 Å². The second-order valence-corrected chi connectivity index (χ2v) is 4.92. The van der Waals surface area contributed by atoms with Crippen molar-refractivity contribution in [1.82, 2.24) is 4.98 Å². The Hall–Kier alpha value is -2.31. The van der Waals surface area contributed by atoms with E-state index in [-0.39, 0.29) is 24.2 Å². The van der Waals surface area contributed by atoms with E-state index in [1.165, 1.54) is 12.1 Å². The minimum Gasteiger partial charge on any atom is -0.490 e. The van der Waals surface area contributed by atoms with Gasteiger partial charge in [-0.05, 0) is 18.2 Å². The lowest BCUT2D eigenvalue weighted by atomic mass is 10.0. The molecule has 2 aromatic rings. The molecular weight excluding hydrogens is 300 g/mol. The molecule has 3 rings (SSSR count). The lowest BCUT2D eigenvalue weighted by molar-refractivity contribution is -0.137. The van der Waals surface area contributed by atoms with Crippen LogP contribution in [0.15, 0.2) is 36.5 Å². The van der Waals surface area contributed by atoms with Crippen LogP contribution in [0.5, 0.6) is 5.75 Å². The monoisotopic (exact) mass is 312 g/mol. The SMILES string of the molecule is Fc1cccc2c1OCC[C@@H]2Nc1cc(C(F)(F)F)ccn1. The standard InChI is InChI=1S/C15H12F4N2O/c16-11-3-1-2-10-12(5-7-22-14(10)11)21-13-8-9(4-6-20-13)15(17,18)19/h1-4,6,8,12H,5,7H2,(H,20,21)/t12-/m0/s1. The molecule has 0 saturated heterocycles. The van der Waals surface area contributed by atoms with E-state index in [1.807, 2.05) is 0 Å². The van der Waals surface area contributed by atoms with Crippen LogP contribution in [0.2, 0.25) is 0 Å². The van der Waals surface area contributed by atoms with E-state index in [4.69, 9.17) is 4.74 Å². The summed E-state index contributed by atoms with van der Waals surface area (Å²) in [6.45, 7) is 0.282. The average Bonchev–Trinajstić information content (AvgIpc) is 2.48. The molecule has 0 fully saturated rings. The van der Waals surface area contributed by atoms with E-state index >= 15 is 0 Å². The third-order valence-electron chi connectivity index (χ3n) is 3.44. The van der Waals surface area contributed by atoms with Crippen LogP contribution in [0.1, 0.15) is 23.6 Å². The number of rotatable bonds is 2.